The molecule has 0 aliphatic heterocycles. The SMILES string of the molecule is COc1ccc(CCN(C)C(=O)c2ccc(CS(C)(=O)=O)cc2)cc1OC. The monoisotopic (exact) mass is 391 g/mol. The van der Waals surface area contributed by atoms with Gasteiger partial charge in [-0.25, -0.2) is 8.42 Å². The molecule has 0 saturated carbocycles. The lowest BCUT2D eigenvalue weighted by molar-refractivity contribution is 0.0796. The standard InChI is InChI=1S/C20H25NO5S/c1-21(12-11-15-7-10-18(25-2)19(13-15)26-3)20(22)17-8-5-16(6-9-17)14-27(4,23)24/h5-10,13H,11-12,14H2,1-4H3. The Morgan fingerprint density at radius 1 is 0.963 bits per heavy atom. The van der Waals surface area contributed by atoms with E-state index in [2.05, 4.69) is 0 Å². The number of ether oxygens (including phenoxy) is 2. The fourth-order valence-electron chi connectivity index (χ4n) is 2.70. The van der Waals surface area contributed by atoms with Crippen molar-refractivity contribution in [1.82, 2.24) is 4.90 Å². The fraction of sp³-hybridized carbons (Fsp3) is 0.350. The van der Waals surface area contributed by atoms with Crippen LogP contribution in [0.3, 0.4) is 0 Å². The molecule has 0 atom stereocenters. The minimum absolute atomic E-state index is 0.0311. The van der Waals surface area contributed by atoms with Crippen molar-refractivity contribution in [2.24, 2.45) is 0 Å². The molecule has 7 heteroatoms. The smallest absolute Gasteiger partial charge is 0.253 e. The first kappa shape index (κ1) is 20.8. The Hall–Kier alpha value is -2.54. The number of methoxy groups -OCH3 is 2. The molecule has 0 N–H and O–H groups in total. The molecular weight excluding hydrogens is 366 g/mol. The molecule has 0 heterocycles. The van der Waals surface area contributed by atoms with Crippen LogP contribution in [-0.2, 0) is 22.0 Å². The summed E-state index contributed by atoms with van der Waals surface area (Å²) in [5.74, 6) is 1.18. The number of benzene rings is 2. The molecule has 0 spiro atoms. The highest BCUT2D eigenvalue weighted by atomic mass is 32.2. The van der Waals surface area contributed by atoms with Gasteiger partial charge in [0, 0.05) is 25.4 Å². The third-order valence-corrected chi connectivity index (χ3v) is 5.02. The van der Waals surface area contributed by atoms with E-state index in [4.69, 9.17) is 9.47 Å². The molecule has 0 aliphatic carbocycles. The number of hydrogen-bond acceptors (Lipinski definition) is 5. The van der Waals surface area contributed by atoms with Crippen LogP contribution in [0.4, 0.5) is 0 Å². The van der Waals surface area contributed by atoms with Crippen molar-refractivity contribution in [3.63, 3.8) is 0 Å². The maximum atomic E-state index is 12.5. The molecule has 0 aliphatic rings. The van der Waals surface area contributed by atoms with Gasteiger partial charge in [-0.05, 0) is 41.8 Å². The highest BCUT2D eigenvalue weighted by molar-refractivity contribution is 7.89. The van der Waals surface area contributed by atoms with Crippen LogP contribution < -0.4 is 9.47 Å². The highest BCUT2D eigenvalue weighted by Gasteiger charge is 2.13. The van der Waals surface area contributed by atoms with Gasteiger partial charge in [0.1, 0.15) is 0 Å². The molecule has 2 aromatic carbocycles. The average molecular weight is 391 g/mol. The van der Waals surface area contributed by atoms with Crippen LogP contribution in [-0.4, -0.2) is 53.3 Å². The average Bonchev–Trinajstić information content (AvgIpc) is 2.64. The number of sulfone groups is 1. The normalized spacial score (nSPS) is 11.1. The number of rotatable bonds is 8. The minimum atomic E-state index is -3.09. The van der Waals surface area contributed by atoms with Crippen LogP contribution in [0.25, 0.3) is 0 Å². The van der Waals surface area contributed by atoms with Crippen molar-refractivity contribution in [2.75, 3.05) is 34.1 Å². The van der Waals surface area contributed by atoms with E-state index >= 15 is 0 Å². The quantitative estimate of drug-likeness (QED) is 0.692. The molecule has 6 nitrogen and oxygen atoms in total. The predicted octanol–water partition coefficient (Wildman–Crippen LogP) is 2.56. The van der Waals surface area contributed by atoms with Crippen LogP contribution in [0.15, 0.2) is 42.5 Å². The lowest BCUT2D eigenvalue weighted by Crippen LogP contribution is -2.28. The molecule has 0 bridgehead atoms. The molecule has 0 radical (unpaired) electrons. The maximum absolute atomic E-state index is 12.5. The minimum Gasteiger partial charge on any atom is -0.493 e. The Kier molecular flexibility index (Phi) is 6.85. The molecule has 146 valence electrons. The van der Waals surface area contributed by atoms with Crippen molar-refractivity contribution in [3.05, 3.63) is 59.2 Å². The Bertz CT molecular complexity index is 891. The summed E-state index contributed by atoms with van der Waals surface area (Å²) in [4.78, 5) is 14.2. The van der Waals surface area contributed by atoms with Gasteiger partial charge in [-0.2, -0.15) is 0 Å². The number of carbonyl (C=O) groups excluding carboxylic acids is 1. The number of nitrogens with zero attached hydrogens (tertiary/aromatic N) is 1. The van der Waals surface area contributed by atoms with E-state index in [9.17, 15) is 13.2 Å². The predicted molar refractivity (Wildman–Crippen MR) is 105 cm³/mol. The lowest BCUT2D eigenvalue weighted by atomic mass is 10.1. The van der Waals surface area contributed by atoms with Gasteiger partial charge >= 0.3 is 0 Å². The largest absolute Gasteiger partial charge is 0.493 e. The maximum Gasteiger partial charge on any atom is 0.253 e. The number of hydrogen-bond donors (Lipinski definition) is 0. The topological polar surface area (TPSA) is 72.9 Å². The number of carbonyl (C=O) groups is 1. The van der Waals surface area contributed by atoms with Gasteiger partial charge in [-0.1, -0.05) is 18.2 Å². The van der Waals surface area contributed by atoms with Crippen molar-refractivity contribution < 1.29 is 22.7 Å². The van der Waals surface area contributed by atoms with E-state index in [1.54, 1.807) is 50.4 Å². The molecule has 0 aromatic heterocycles. The third-order valence-electron chi connectivity index (χ3n) is 4.16. The summed E-state index contributed by atoms with van der Waals surface area (Å²) in [6.45, 7) is 0.541. The van der Waals surface area contributed by atoms with Gasteiger partial charge < -0.3 is 14.4 Å². The van der Waals surface area contributed by atoms with E-state index in [0.717, 1.165) is 5.56 Å². The molecule has 1 amide bonds. The number of amides is 1. The van der Waals surface area contributed by atoms with E-state index in [0.29, 0.717) is 35.6 Å². The Labute approximate surface area is 160 Å². The van der Waals surface area contributed by atoms with Crippen LogP contribution in [0.5, 0.6) is 11.5 Å². The van der Waals surface area contributed by atoms with Gasteiger partial charge in [0.2, 0.25) is 0 Å². The first-order valence-corrected chi connectivity index (χ1v) is 10.5. The molecular formula is C20H25NO5S. The van der Waals surface area contributed by atoms with Crippen LogP contribution >= 0.6 is 0 Å². The van der Waals surface area contributed by atoms with Gasteiger partial charge in [-0.3, -0.25) is 4.79 Å². The molecule has 0 saturated heterocycles. The van der Waals surface area contributed by atoms with Crippen LogP contribution in [0.1, 0.15) is 21.5 Å². The summed E-state index contributed by atoms with van der Waals surface area (Å²) in [7, 11) is 1.83. The molecule has 27 heavy (non-hydrogen) atoms. The second kappa shape index (κ2) is 8.90. The summed E-state index contributed by atoms with van der Waals surface area (Å²) in [5.41, 5.74) is 2.24. The Morgan fingerprint density at radius 3 is 2.11 bits per heavy atom. The first-order valence-electron chi connectivity index (χ1n) is 8.46. The summed E-state index contributed by atoms with van der Waals surface area (Å²) < 4.78 is 33.2. The summed E-state index contributed by atoms with van der Waals surface area (Å²) in [6, 6.07) is 12.4. The Balaban J connectivity index is 1.99. The molecule has 0 fully saturated rings. The third kappa shape index (κ3) is 5.99. The van der Waals surface area contributed by atoms with E-state index in [1.807, 2.05) is 18.2 Å². The van der Waals surface area contributed by atoms with Crippen molar-refractivity contribution in [3.8, 4) is 11.5 Å². The van der Waals surface area contributed by atoms with Gasteiger partial charge in [0.15, 0.2) is 21.3 Å². The number of likely N-dealkylation sites (N-methyl/N-ethyl adjacent to an activating group) is 1. The van der Waals surface area contributed by atoms with Crippen molar-refractivity contribution in [2.45, 2.75) is 12.2 Å². The zero-order valence-corrected chi connectivity index (χ0v) is 16.9. The first-order chi connectivity index (χ1) is 12.7. The Morgan fingerprint density at radius 2 is 1.56 bits per heavy atom. The van der Waals surface area contributed by atoms with Gasteiger partial charge in [0.25, 0.3) is 5.91 Å². The molecule has 2 aromatic rings. The van der Waals surface area contributed by atoms with Gasteiger partial charge in [0.05, 0.1) is 20.0 Å². The van der Waals surface area contributed by atoms with Crippen molar-refractivity contribution >= 4 is 15.7 Å². The van der Waals surface area contributed by atoms with Crippen molar-refractivity contribution in [1.29, 1.82) is 0 Å². The van der Waals surface area contributed by atoms with E-state index in [1.165, 1.54) is 6.26 Å². The highest BCUT2D eigenvalue weighted by Crippen LogP contribution is 2.27. The van der Waals surface area contributed by atoms with Crippen LogP contribution in [0, 0.1) is 0 Å². The lowest BCUT2D eigenvalue weighted by Gasteiger charge is -2.18. The zero-order chi connectivity index (χ0) is 20.0. The second-order valence-corrected chi connectivity index (χ2v) is 8.57. The fourth-order valence-corrected chi connectivity index (χ4v) is 3.50. The molecule has 2 rings (SSSR count). The van der Waals surface area contributed by atoms with E-state index in [-0.39, 0.29) is 11.7 Å². The summed E-state index contributed by atoms with van der Waals surface area (Å²) in [6.07, 6.45) is 1.86. The summed E-state index contributed by atoms with van der Waals surface area (Å²) in [5, 5.41) is 0. The van der Waals surface area contributed by atoms with Crippen LogP contribution in [0.2, 0.25) is 0 Å². The summed E-state index contributed by atoms with van der Waals surface area (Å²) >= 11 is 0. The second-order valence-electron chi connectivity index (χ2n) is 6.43. The van der Waals surface area contributed by atoms with Gasteiger partial charge in [-0.15, -0.1) is 0 Å². The van der Waals surface area contributed by atoms with E-state index < -0.39 is 9.84 Å². The molecule has 0 unspecified atom stereocenters. The zero-order valence-electron chi connectivity index (χ0n) is 16.1.